The van der Waals surface area contributed by atoms with E-state index in [2.05, 4.69) is 55.0 Å². The Morgan fingerprint density at radius 1 is 0.647 bits per heavy atom. The van der Waals surface area contributed by atoms with Gasteiger partial charge in [0.25, 0.3) is 0 Å². The van der Waals surface area contributed by atoms with E-state index in [9.17, 15) is 0 Å². The zero-order valence-corrected chi connectivity index (χ0v) is 22.0. The highest BCUT2D eigenvalue weighted by Gasteiger charge is 2.25. The van der Waals surface area contributed by atoms with Gasteiger partial charge >= 0.3 is 0 Å². The highest BCUT2D eigenvalue weighted by molar-refractivity contribution is 8.32. The largest absolute Gasteiger partial charge is 0.256 e. The topological polar surface area (TPSA) is 12.9 Å². The smallest absolute Gasteiger partial charge is 0.0780 e. The molecule has 2 aliphatic carbocycles. The van der Waals surface area contributed by atoms with Crippen LogP contribution in [0.4, 0.5) is 0 Å². The maximum absolute atomic E-state index is 4.98. The minimum absolute atomic E-state index is 0.341. The van der Waals surface area contributed by atoms with E-state index in [1.807, 2.05) is 6.20 Å². The molecule has 0 radical (unpaired) electrons. The van der Waals surface area contributed by atoms with Crippen LogP contribution >= 0.6 is 10.0 Å². The van der Waals surface area contributed by atoms with Gasteiger partial charge in [0.2, 0.25) is 0 Å². The van der Waals surface area contributed by atoms with E-state index in [-0.39, 0.29) is 10.0 Å². The van der Waals surface area contributed by atoms with Gasteiger partial charge in [-0.3, -0.25) is 4.98 Å². The van der Waals surface area contributed by atoms with E-state index < -0.39 is 0 Å². The van der Waals surface area contributed by atoms with Crippen molar-refractivity contribution in [3.63, 3.8) is 0 Å². The molecular formula is C32H41NS. The van der Waals surface area contributed by atoms with Gasteiger partial charge in [-0.2, -0.15) is 0 Å². The Morgan fingerprint density at radius 2 is 1.24 bits per heavy atom. The van der Waals surface area contributed by atoms with Crippen molar-refractivity contribution in [3.8, 4) is 11.3 Å². The fourth-order valence-corrected chi connectivity index (χ4v) is 9.03. The molecule has 6 rings (SSSR count). The molecule has 2 saturated carbocycles. The van der Waals surface area contributed by atoms with Crippen molar-refractivity contribution < 1.29 is 0 Å². The van der Waals surface area contributed by atoms with Crippen LogP contribution in [-0.2, 0) is 0 Å². The lowest BCUT2D eigenvalue weighted by Gasteiger charge is -2.39. The summed E-state index contributed by atoms with van der Waals surface area (Å²) in [5.41, 5.74) is 7.26. The van der Waals surface area contributed by atoms with Gasteiger partial charge in [0.05, 0.1) is 5.69 Å². The van der Waals surface area contributed by atoms with Crippen LogP contribution in [-0.4, -0.2) is 29.0 Å². The lowest BCUT2D eigenvalue weighted by Crippen LogP contribution is -2.18. The molecule has 180 valence electrons. The maximum Gasteiger partial charge on any atom is 0.0780 e. The number of aromatic nitrogens is 1. The number of hydrogen-bond acceptors (Lipinski definition) is 1. The monoisotopic (exact) mass is 471 g/mol. The summed E-state index contributed by atoms with van der Waals surface area (Å²) in [5.74, 6) is 5.09. The SMILES string of the molecule is CS1(C)CCC(c2ccc3c(-c4cc(C5CCCC5)cc(C5CCCC5)c4)nccc3c2)CC1. The normalized spacial score (nSPS) is 23.0. The van der Waals surface area contributed by atoms with E-state index in [0.717, 1.165) is 17.8 Å². The molecule has 1 saturated heterocycles. The second-order valence-corrected chi connectivity index (χ2v) is 16.3. The summed E-state index contributed by atoms with van der Waals surface area (Å²) in [6.45, 7) is 0. The second kappa shape index (κ2) is 9.34. The quantitative estimate of drug-likeness (QED) is 0.369. The summed E-state index contributed by atoms with van der Waals surface area (Å²) in [4.78, 5) is 4.98. The van der Waals surface area contributed by atoms with Gasteiger partial charge in [-0.05, 0) is 121 Å². The maximum atomic E-state index is 4.98. The van der Waals surface area contributed by atoms with Crippen LogP contribution in [0.3, 0.4) is 0 Å². The highest BCUT2D eigenvalue weighted by Crippen LogP contribution is 2.49. The molecule has 0 atom stereocenters. The molecule has 0 unspecified atom stereocenters. The molecule has 0 spiro atoms. The molecule has 0 amide bonds. The lowest BCUT2D eigenvalue weighted by atomic mass is 9.87. The Labute approximate surface area is 208 Å². The van der Waals surface area contributed by atoms with Crippen molar-refractivity contribution in [2.24, 2.45) is 0 Å². The van der Waals surface area contributed by atoms with Gasteiger partial charge in [0, 0.05) is 17.1 Å². The molecule has 1 aliphatic heterocycles. The van der Waals surface area contributed by atoms with Crippen LogP contribution < -0.4 is 0 Å². The first-order valence-electron chi connectivity index (χ1n) is 13.8. The third-order valence-electron chi connectivity index (χ3n) is 9.20. The Balaban J connectivity index is 1.38. The van der Waals surface area contributed by atoms with Gasteiger partial charge < -0.3 is 0 Å². The van der Waals surface area contributed by atoms with Crippen molar-refractivity contribution >= 4 is 20.8 Å². The lowest BCUT2D eigenvalue weighted by molar-refractivity contribution is 0.632. The van der Waals surface area contributed by atoms with E-state index in [0.29, 0.717) is 0 Å². The molecule has 1 aromatic heterocycles. The molecule has 2 heteroatoms. The van der Waals surface area contributed by atoms with E-state index in [1.165, 1.54) is 97.7 Å². The molecule has 0 bridgehead atoms. The Kier molecular flexibility index (Phi) is 6.22. The molecule has 2 aromatic carbocycles. The van der Waals surface area contributed by atoms with Gasteiger partial charge in [-0.15, -0.1) is 0 Å². The number of pyridine rings is 1. The molecule has 2 heterocycles. The Morgan fingerprint density at radius 3 is 1.85 bits per heavy atom. The number of rotatable bonds is 4. The van der Waals surface area contributed by atoms with Crippen LogP contribution in [0.15, 0.2) is 48.7 Å². The zero-order valence-electron chi connectivity index (χ0n) is 21.2. The molecule has 0 N–H and O–H groups in total. The molecule has 3 aliphatic rings. The summed E-state index contributed by atoms with van der Waals surface area (Å²) in [5, 5.41) is 2.70. The fourth-order valence-electron chi connectivity index (χ4n) is 6.99. The van der Waals surface area contributed by atoms with E-state index in [1.54, 1.807) is 16.7 Å². The van der Waals surface area contributed by atoms with Crippen LogP contribution in [0.5, 0.6) is 0 Å². The number of hydrogen-bond donors (Lipinski definition) is 0. The first-order chi connectivity index (χ1) is 16.6. The Hall–Kier alpha value is -1.80. The van der Waals surface area contributed by atoms with Crippen LogP contribution in [0.1, 0.15) is 98.7 Å². The molecule has 3 aromatic rings. The third kappa shape index (κ3) is 4.55. The van der Waals surface area contributed by atoms with Crippen molar-refractivity contribution in [1.82, 2.24) is 4.98 Å². The summed E-state index contributed by atoms with van der Waals surface area (Å²) >= 11 is 0. The molecule has 1 nitrogen and oxygen atoms in total. The molecule has 34 heavy (non-hydrogen) atoms. The van der Waals surface area contributed by atoms with Crippen LogP contribution in [0.2, 0.25) is 0 Å². The van der Waals surface area contributed by atoms with E-state index >= 15 is 0 Å². The van der Waals surface area contributed by atoms with Crippen molar-refractivity contribution in [3.05, 3.63) is 65.4 Å². The standard InChI is InChI=1S/C32H41NS/c1-34(2)17-14-25(15-18-34)26-11-12-31-27(19-26)13-16-33-32(31)30-21-28(23-7-3-4-8-23)20-29(22-30)24-9-5-6-10-24/h11-13,16,19-25H,3-10,14-15,17-18H2,1-2H3. The Bertz CT molecular complexity index is 1120. The summed E-state index contributed by atoms with van der Waals surface area (Å²) in [6, 6.07) is 17.1. The van der Waals surface area contributed by atoms with Crippen molar-refractivity contribution in [2.75, 3.05) is 24.0 Å². The fraction of sp³-hybridized carbons (Fsp3) is 0.531. The minimum atomic E-state index is -0.341. The predicted octanol–water partition coefficient (Wildman–Crippen LogP) is 9.16. The minimum Gasteiger partial charge on any atom is -0.256 e. The number of benzene rings is 2. The van der Waals surface area contributed by atoms with Crippen LogP contribution in [0, 0.1) is 0 Å². The molecular weight excluding hydrogens is 430 g/mol. The highest BCUT2D eigenvalue weighted by atomic mass is 32.3. The number of fused-ring (bicyclic) bond motifs is 1. The first kappa shape index (κ1) is 22.7. The van der Waals surface area contributed by atoms with E-state index in [4.69, 9.17) is 4.98 Å². The van der Waals surface area contributed by atoms with Gasteiger partial charge in [-0.25, -0.2) is 10.0 Å². The van der Waals surface area contributed by atoms with Crippen LogP contribution in [0.25, 0.3) is 22.0 Å². The van der Waals surface area contributed by atoms with Gasteiger partial charge in [0.15, 0.2) is 0 Å². The average molecular weight is 472 g/mol. The van der Waals surface area contributed by atoms with Crippen molar-refractivity contribution in [1.29, 1.82) is 0 Å². The predicted molar refractivity (Wildman–Crippen MR) is 151 cm³/mol. The average Bonchev–Trinajstić information content (AvgIpc) is 3.58. The molecule has 3 fully saturated rings. The van der Waals surface area contributed by atoms with Gasteiger partial charge in [-0.1, -0.05) is 49.9 Å². The summed E-state index contributed by atoms with van der Waals surface area (Å²) in [7, 11) is -0.341. The summed E-state index contributed by atoms with van der Waals surface area (Å²) < 4.78 is 0. The first-order valence-corrected chi connectivity index (χ1v) is 16.6. The number of nitrogens with zero attached hydrogens (tertiary/aromatic N) is 1. The van der Waals surface area contributed by atoms with Gasteiger partial charge in [0.1, 0.15) is 0 Å². The second-order valence-electron chi connectivity index (χ2n) is 11.9. The third-order valence-corrected chi connectivity index (χ3v) is 11.9. The van der Waals surface area contributed by atoms with Crippen molar-refractivity contribution in [2.45, 2.75) is 82.0 Å². The summed E-state index contributed by atoms with van der Waals surface area (Å²) in [6.07, 6.45) is 20.8. The zero-order chi connectivity index (χ0) is 23.1.